The maximum atomic E-state index is 12.2. The molecule has 0 bridgehead atoms. The molecule has 0 atom stereocenters. The molecule has 2 aromatic rings. The number of benzene rings is 1. The Labute approximate surface area is 160 Å². The van der Waals surface area contributed by atoms with Crippen LogP contribution in [0.25, 0.3) is 10.9 Å². The topological polar surface area (TPSA) is 60.9 Å². The van der Waals surface area contributed by atoms with Gasteiger partial charge < -0.3 is 19.1 Å². The van der Waals surface area contributed by atoms with Gasteiger partial charge >= 0.3 is 6.09 Å². The largest absolute Gasteiger partial charge is 0.497 e. The minimum atomic E-state index is -0.475. The monoisotopic (exact) mass is 372 g/mol. The molecule has 6 heteroatoms. The molecule has 1 saturated heterocycles. The van der Waals surface area contributed by atoms with E-state index in [0.29, 0.717) is 13.1 Å². The van der Waals surface area contributed by atoms with Gasteiger partial charge in [-0.25, -0.2) is 4.79 Å². The summed E-state index contributed by atoms with van der Waals surface area (Å²) in [6.45, 7) is 8.86. The van der Waals surface area contributed by atoms with Gasteiger partial charge in [-0.15, -0.1) is 0 Å². The van der Waals surface area contributed by atoms with Gasteiger partial charge in [0.05, 0.1) is 12.6 Å². The van der Waals surface area contributed by atoms with Gasteiger partial charge in [-0.3, -0.25) is 4.98 Å². The van der Waals surface area contributed by atoms with E-state index in [1.807, 2.05) is 52.0 Å². The SMILES string of the molecule is COc1ccc2nc(C)cc(OC3CCN(C(=O)OC(C)(C)C)CC3)c2c1. The molecule has 146 valence electrons. The molecule has 3 rings (SSSR count). The predicted octanol–water partition coefficient (Wildman–Crippen LogP) is 4.33. The number of carbonyl (C=O) groups excluding carboxylic acids is 1. The van der Waals surface area contributed by atoms with Gasteiger partial charge in [0.1, 0.15) is 23.2 Å². The molecule has 0 N–H and O–H groups in total. The Bertz CT molecular complexity index is 821. The van der Waals surface area contributed by atoms with E-state index in [2.05, 4.69) is 4.98 Å². The van der Waals surface area contributed by atoms with E-state index < -0.39 is 5.60 Å². The molecular formula is C21H28N2O4. The smallest absolute Gasteiger partial charge is 0.410 e. The van der Waals surface area contributed by atoms with E-state index in [4.69, 9.17) is 14.2 Å². The number of aromatic nitrogens is 1. The van der Waals surface area contributed by atoms with Crippen LogP contribution in [0.15, 0.2) is 24.3 Å². The van der Waals surface area contributed by atoms with Gasteiger partial charge in [0.15, 0.2) is 0 Å². The third kappa shape index (κ3) is 4.81. The van der Waals surface area contributed by atoms with Crippen molar-refractivity contribution in [1.82, 2.24) is 9.88 Å². The van der Waals surface area contributed by atoms with E-state index in [1.165, 1.54) is 0 Å². The highest BCUT2D eigenvalue weighted by molar-refractivity contribution is 5.86. The Morgan fingerprint density at radius 3 is 2.52 bits per heavy atom. The van der Waals surface area contributed by atoms with Crippen LogP contribution in [0.1, 0.15) is 39.3 Å². The van der Waals surface area contributed by atoms with Gasteiger partial charge in [0, 0.05) is 43.1 Å². The van der Waals surface area contributed by atoms with E-state index in [-0.39, 0.29) is 12.2 Å². The maximum Gasteiger partial charge on any atom is 0.410 e. The minimum Gasteiger partial charge on any atom is -0.497 e. The number of likely N-dealkylation sites (tertiary alicyclic amines) is 1. The van der Waals surface area contributed by atoms with Crippen molar-refractivity contribution in [1.29, 1.82) is 0 Å². The zero-order valence-corrected chi connectivity index (χ0v) is 16.7. The number of aryl methyl sites for hydroxylation is 1. The third-order valence-corrected chi connectivity index (χ3v) is 4.49. The number of hydrogen-bond acceptors (Lipinski definition) is 5. The van der Waals surface area contributed by atoms with Crippen molar-refractivity contribution >= 4 is 17.0 Å². The zero-order valence-electron chi connectivity index (χ0n) is 16.7. The molecule has 2 heterocycles. The van der Waals surface area contributed by atoms with E-state index in [1.54, 1.807) is 12.0 Å². The predicted molar refractivity (Wildman–Crippen MR) is 104 cm³/mol. The normalized spacial score (nSPS) is 15.7. The van der Waals surface area contributed by atoms with Crippen LogP contribution < -0.4 is 9.47 Å². The lowest BCUT2D eigenvalue weighted by Crippen LogP contribution is -2.44. The standard InChI is InChI=1S/C21H28N2O4/c1-14-12-19(17-13-16(25-5)6-7-18(17)22-14)26-15-8-10-23(11-9-15)20(24)27-21(2,3)4/h6-7,12-13,15H,8-11H2,1-5H3. The Hall–Kier alpha value is -2.50. The van der Waals surface area contributed by atoms with Gasteiger partial charge in [-0.05, 0) is 45.9 Å². The first-order chi connectivity index (χ1) is 12.7. The fraction of sp³-hybridized carbons (Fsp3) is 0.524. The number of fused-ring (bicyclic) bond motifs is 1. The highest BCUT2D eigenvalue weighted by atomic mass is 16.6. The fourth-order valence-electron chi connectivity index (χ4n) is 3.19. The summed E-state index contributed by atoms with van der Waals surface area (Å²) in [5, 5.41) is 0.939. The Balaban J connectivity index is 1.69. The molecule has 0 spiro atoms. The second-order valence-corrected chi connectivity index (χ2v) is 7.93. The molecule has 1 aromatic carbocycles. The van der Waals surface area contributed by atoms with Crippen LogP contribution in [-0.2, 0) is 4.74 Å². The summed E-state index contributed by atoms with van der Waals surface area (Å²) < 4.78 is 17.1. The number of carbonyl (C=O) groups is 1. The number of amides is 1. The second kappa shape index (κ2) is 7.62. The zero-order chi connectivity index (χ0) is 19.6. The Morgan fingerprint density at radius 1 is 1.19 bits per heavy atom. The average molecular weight is 372 g/mol. The highest BCUT2D eigenvalue weighted by Gasteiger charge is 2.28. The van der Waals surface area contributed by atoms with Crippen molar-refractivity contribution < 1.29 is 19.0 Å². The second-order valence-electron chi connectivity index (χ2n) is 7.93. The van der Waals surface area contributed by atoms with E-state index in [9.17, 15) is 4.79 Å². The molecule has 0 unspecified atom stereocenters. The van der Waals surface area contributed by atoms with Crippen LogP contribution in [0.5, 0.6) is 11.5 Å². The summed E-state index contributed by atoms with van der Waals surface area (Å²) >= 11 is 0. The first-order valence-electron chi connectivity index (χ1n) is 9.35. The van der Waals surface area contributed by atoms with Gasteiger partial charge in [-0.1, -0.05) is 0 Å². The minimum absolute atomic E-state index is 0.0555. The molecule has 1 fully saturated rings. The molecule has 0 saturated carbocycles. The number of rotatable bonds is 3. The number of methoxy groups -OCH3 is 1. The number of nitrogens with zero attached hydrogens (tertiary/aromatic N) is 2. The van der Waals surface area contributed by atoms with Crippen LogP contribution in [0, 0.1) is 6.92 Å². The molecule has 1 amide bonds. The molecule has 6 nitrogen and oxygen atoms in total. The van der Waals surface area contributed by atoms with Crippen molar-refractivity contribution in [2.75, 3.05) is 20.2 Å². The Morgan fingerprint density at radius 2 is 1.89 bits per heavy atom. The summed E-state index contributed by atoms with van der Waals surface area (Å²) in [5.74, 6) is 1.59. The summed E-state index contributed by atoms with van der Waals surface area (Å²) in [6, 6.07) is 7.76. The van der Waals surface area contributed by atoms with Crippen LogP contribution in [0.4, 0.5) is 4.79 Å². The molecule has 1 aliphatic rings. The quantitative estimate of drug-likeness (QED) is 0.802. The third-order valence-electron chi connectivity index (χ3n) is 4.49. The summed E-state index contributed by atoms with van der Waals surface area (Å²) in [7, 11) is 1.65. The molecule has 27 heavy (non-hydrogen) atoms. The summed E-state index contributed by atoms with van der Waals surface area (Å²) in [5.41, 5.74) is 1.32. The van der Waals surface area contributed by atoms with Crippen molar-refractivity contribution in [2.24, 2.45) is 0 Å². The van der Waals surface area contributed by atoms with Crippen molar-refractivity contribution in [2.45, 2.75) is 52.2 Å². The van der Waals surface area contributed by atoms with Crippen molar-refractivity contribution in [3.63, 3.8) is 0 Å². The van der Waals surface area contributed by atoms with Gasteiger partial charge in [-0.2, -0.15) is 0 Å². The number of hydrogen-bond donors (Lipinski definition) is 0. The molecule has 0 aliphatic carbocycles. The lowest BCUT2D eigenvalue weighted by molar-refractivity contribution is 0.0128. The average Bonchev–Trinajstić information content (AvgIpc) is 2.60. The van der Waals surface area contributed by atoms with Crippen molar-refractivity contribution in [3.05, 3.63) is 30.0 Å². The first-order valence-corrected chi connectivity index (χ1v) is 9.35. The van der Waals surface area contributed by atoms with Crippen molar-refractivity contribution in [3.8, 4) is 11.5 Å². The van der Waals surface area contributed by atoms with Gasteiger partial charge in [0.25, 0.3) is 0 Å². The molecule has 1 aliphatic heterocycles. The summed E-state index contributed by atoms with van der Waals surface area (Å²) in [6.07, 6.45) is 1.34. The fourth-order valence-corrected chi connectivity index (χ4v) is 3.19. The Kier molecular flexibility index (Phi) is 5.44. The maximum absolute atomic E-state index is 12.2. The van der Waals surface area contributed by atoms with Crippen LogP contribution in [0.3, 0.4) is 0 Å². The lowest BCUT2D eigenvalue weighted by atomic mass is 10.1. The number of piperidine rings is 1. The number of ether oxygens (including phenoxy) is 3. The van der Waals surface area contributed by atoms with E-state index in [0.717, 1.165) is 40.9 Å². The van der Waals surface area contributed by atoms with Crippen LogP contribution in [-0.4, -0.2) is 47.9 Å². The lowest BCUT2D eigenvalue weighted by Gasteiger charge is -2.33. The first kappa shape index (κ1) is 19.3. The molecular weight excluding hydrogens is 344 g/mol. The van der Waals surface area contributed by atoms with E-state index >= 15 is 0 Å². The molecule has 0 radical (unpaired) electrons. The highest BCUT2D eigenvalue weighted by Crippen LogP contribution is 2.31. The molecule has 1 aromatic heterocycles. The van der Waals surface area contributed by atoms with Crippen LogP contribution in [0.2, 0.25) is 0 Å². The van der Waals surface area contributed by atoms with Crippen LogP contribution >= 0.6 is 0 Å². The number of pyridine rings is 1. The summed E-state index contributed by atoms with van der Waals surface area (Å²) in [4.78, 5) is 18.5. The van der Waals surface area contributed by atoms with Gasteiger partial charge in [0.2, 0.25) is 0 Å².